The number of primary amides is 1. The second kappa shape index (κ2) is 6.96. The van der Waals surface area contributed by atoms with Crippen molar-refractivity contribution in [3.8, 4) is 5.82 Å². The molecule has 0 aliphatic heterocycles. The van der Waals surface area contributed by atoms with Gasteiger partial charge in [0.15, 0.2) is 0 Å². The Morgan fingerprint density at radius 1 is 1.33 bits per heavy atom. The molecule has 0 spiro atoms. The molecule has 2 N–H and O–H groups in total. The molecule has 8 heteroatoms. The van der Waals surface area contributed by atoms with Crippen molar-refractivity contribution >= 4 is 11.9 Å². The maximum absolute atomic E-state index is 11.6. The summed E-state index contributed by atoms with van der Waals surface area (Å²) in [5.41, 5.74) is 5.63. The number of amides is 1. The van der Waals surface area contributed by atoms with Crippen LogP contribution >= 0.6 is 0 Å². The van der Waals surface area contributed by atoms with Gasteiger partial charge in [-0.05, 0) is 25.7 Å². The van der Waals surface area contributed by atoms with E-state index in [0.29, 0.717) is 23.9 Å². The fourth-order valence-corrected chi connectivity index (χ4v) is 3.06. The van der Waals surface area contributed by atoms with Gasteiger partial charge in [-0.3, -0.25) is 9.36 Å². The van der Waals surface area contributed by atoms with Crippen LogP contribution in [0.15, 0.2) is 24.8 Å². The third-order valence-electron chi connectivity index (χ3n) is 4.56. The van der Waals surface area contributed by atoms with Gasteiger partial charge in [0.05, 0.1) is 6.10 Å². The Balaban J connectivity index is 1.88. The van der Waals surface area contributed by atoms with Crippen molar-refractivity contribution < 1.29 is 9.53 Å². The van der Waals surface area contributed by atoms with Crippen LogP contribution in [0.3, 0.4) is 0 Å². The number of methoxy groups -OCH3 is 1. The zero-order valence-corrected chi connectivity index (χ0v) is 13.9. The number of anilines is 1. The zero-order valence-electron chi connectivity index (χ0n) is 13.9. The van der Waals surface area contributed by atoms with Gasteiger partial charge in [-0.15, -0.1) is 0 Å². The molecule has 0 radical (unpaired) electrons. The van der Waals surface area contributed by atoms with Crippen molar-refractivity contribution in [2.45, 2.75) is 37.8 Å². The molecule has 1 aliphatic rings. The quantitative estimate of drug-likeness (QED) is 0.883. The van der Waals surface area contributed by atoms with E-state index >= 15 is 0 Å². The van der Waals surface area contributed by atoms with E-state index in [4.69, 9.17) is 10.5 Å². The Labute approximate surface area is 140 Å². The number of imidazole rings is 1. The van der Waals surface area contributed by atoms with Crippen molar-refractivity contribution in [3.05, 3.63) is 30.5 Å². The summed E-state index contributed by atoms with van der Waals surface area (Å²) in [7, 11) is 3.71. The number of aromatic nitrogens is 4. The molecule has 2 heterocycles. The van der Waals surface area contributed by atoms with E-state index in [-0.39, 0.29) is 5.69 Å². The van der Waals surface area contributed by atoms with Gasteiger partial charge in [0, 0.05) is 38.7 Å². The summed E-state index contributed by atoms with van der Waals surface area (Å²) in [5, 5.41) is 0. The molecule has 8 nitrogen and oxygen atoms in total. The van der Waals surface area contributed by atoms with E-state index in [9.17, 15) is 4.79 Å². The predicted molar refractivity (Wildman–Crippen MR) is 89.1 cm³/mol. The normalized spacial score (nSPS) is 20.8. The van der Waals surface area contributed by atoms with Crippen molar-refractivity contribution in [2.24, 2.45) is 5.73 Å². The molecular formula is C16H22N6O2. The van der Waals surface area contributed by atoms with Gasteiger partial charge in [0.1, 0.15) is 17.8 Å². The molecule has 0 unspecified atom stereocenters. The Morgan fingerprint density at radius 3 is 2.67 bits per heavy atom. The van der Waals surface area contributed by atoms with Gasteiger partial charge in [0.25, 0.3) is 5.91 Å². The number of ether oxygens (including phenoxy) is 1. The van der Waals surface area contributed by atoms with Gasteiger partial charge < -0.3 is 15.4 Å². The van der Waals surface area contributed by atoms with Crippen LogP contribution in [-0.2, 0) is 4.74 Å². The van der Waals surface area contributed by atoms with Crippen molar-refractivity contribution in [3.63, 3.8) is 0 Å². The molecule has 1 aliphatic carbocycles. The first-order chi connectivity index (χ1) is 11.6. The average molecular weight is 330 g/mol. The lowest BCUT2D eigenvalue weighted by Crippen LogP contribution is -2.38. The lowest BCUT2D eigenvalue weighted by molar-refractivity contribution is 0.0659. The molecule has 1 fully saturated rings. The smallest absolute Gasteiger partial charge is 0.267 e. The van der Waals surface area contributed by atoms with Crippen molar-refractivity contribution in [1.29, 1.82) is 0 Å². The number of carbonyl (C=O) groups is 1. The van der Waals surface area contributed by atoms with Gasteiger partial charge in [-0.2, -0.15) is 4.98 Å². The number of nitrogens with two attached hydrogens (primary N) is 1. The highest BCUT2D eigenvalue weighted by Crippen LogP contribution is 2.26. The highest BCUT2D eigenvalue weighted by Gasteiger charge is 2.26. The van der Waals surface area contributed by atoms with Crippen LogP contribution in [0.1, 0.15) is 36.2 Å². The fourth-order valence-electron chi connectivity index (χ4n) is 3.06. The second-order valence-electron chi connectivity index (χ2n) is 6.02. The number of nitrogens with zero attached hydrogens (tertiary/aromatic N) is 5. The summed E-state index contributed by atoms with van der Waals surface area (Å²) in [6.07, 6.45) is 9.39. The highest BCUT2D eigenvalue weighted by molar-refractivity contribution is 5.91. The van der Waals surface area contributed by atoms with Crippen LogP contribution in [-0.4, -0.2) is 51.7 Å². The maximum Gasteiger partial charge on any atom is 0.267 e. The van der Waals surface area contributed by atoms with Gasteiger partial charge in [-0.1, -0.05) is 0 Å². The molecule has 3 rings (SSSR count). The summed E-state index contributed by atoms with van der Waals surface area (Å²) in [4.78, 5) is 26.6. The summed E-state index contributed by atoms with van der Waals surface area (Å²) in [6, 6.07) is 1.89. The van der Waals surface area contributed by atoms with Crippen LogP contribution in [0, 0.1) is 0 Å². The minimum Gasteiger partial charge on any atom is -0.381 e. The average Bonchev–Trinajstić information content (AvgIpc) is 3.15. The van der Waals surface area contributed by atoms with Crippen LogP contribution in [0.25, 0.3) is 5.82 Å². The Hall–Kier alpha value is -2.48. The standard InChI is InChI=1S/C16H22N6O2/c1-21(11-3-5-12(24-2)6-4-11)16-19-13(15(17)23)9-14(20-16)22-8-7-18-10-22/h7-12H,3-6H2,1-2H3,(H2,17,23). The Morgan fingerprint density at radius 2 is 2.08 bits per heavy atom. The summed E-state index contributed by atoms with van der Waals surface area (Å²) >= 11 is 0. The minimum absolute atomic E-state index is 0.195. The van der Waals surface area contributed by atoms with E-state index in [1.54, 1.807) is 36.5 Å². The number of rotatable bonds is 5. The number of carbonyl (C=O) groups excluding carboxylic acids is 1. The topological polar surface area (TPSA) is 99.2 Å². The maximum atomic E-state index is 11.6. The third-order valence-corrected chi connectivity index (χ3v) is 4.56. The first-order valence-corrected chi connectivity index (χ1v) is 8.01. The fraction of sp³-hybridized carbons (Fsp3) is 0.500. The molecule has 1 saturated carbocycles. The van der Waals surface area contributed by atoms with E-state index in [0.717, 1.165) is 25.7 Å². The van der Waals surface area contributed by atoms with E-state index < -0.39 is 5.91 Å². The third kappa shape index (κ3) is 3.38. The monoisotopic (exact) mass is 330 g/mol. The lowest BCUT2D eigenvalue weighted by atomic mass is 9.92. The lowest BCUT2D eigenvalue weighted by Gasteiger charge is -2.34. The predicted octanol–water partition coefficient (Wildman–Crippen LogP) is 1.16. The van der Waals surface area contributed by atoms with Crippen LogP contribution in [0.2, 0.25) is 0 Å². The summed E-state index contributed by atoms with van der Waals surface area (Å²) in [6.45, 7) is 0. The van der Waals surface area contributed by atoms with Gasteiger partial charge in [0.2, 0.25) is 5.95 Å². The van der Waals surface area contributed by atoms with Crippen LogP contribution < -0.4 is 10.6 Å². The largest absolute Gasteiger partial charge is 0.381 e. The van der Waals surface area contributed by atoms with Gasteiger partial charge in [-0.25, -0.2) is 9.97 Å². The van der Waals surface area contributed by atoms with Crippen LogP contribution in [0.5, 0.6) is 0 Å². The molecule has 2 aromatic heterocycles. The number of hydrogen-bond donors (Lipinski definition) is 1. The molecule has 2 aromatic rings. The molecule has 0 saturated heterocycles. The first-order valence-electron chi connectivity index (χ1n) is 8.01. The van der Waals surface area contributed by atoms with Crippen LogP contribution in [0.4, 0.5) is 5.95 Å². The minimum atomic E-state index is -0.573. The van der Waals surface area contributed by atoms with Crippen molar-refractivity contribution in [1.82, 2.24) is 19.5 Å². The summed E-state index contributed by atoms with van der Waals surface area (Å²) in [5.74, 6) is 0.496. The molecule has 24 heavy (non-hydrogen) atoms. The Bertz CT molecular complexity index is 695. The SMILES string of the molecule is COC1CCC(N(C)c2nc(C(N)=O)cc(-n3ccnc3)n2)CC1. The molecule has 0 bridgehead atoms. The highest BCUT2D eigenvalue weighted by atomic mass is 16.5. The van der Waals surface area contributed by atoms with E-state index in [1.807, 2.05) is 11.9 Å². The molecule has 128 valence electrons. The first kappa shape index (κ1) is 16.4. The molecule has 0 aromatic carbocycles. The Kier molecular flexibility index (Phi) is 4.75. The van der Waals surface area contributed by atoms with E-state index in [2.05, 4.69) is 15.0 Å². The molecular weight excluding hydrogens is 308 g/mol. The van der Waals surface area contributed by atoms with Gasteiger partial charge >= 0.3 is 0 Å². The molecule has 0 atom stereocenters. The second-order valence-corrected chi connectivity index (χ2v) is 6.02. The van der Waals surface area contributed by atoms with E-state index in [1.165, 1.54) is 0 Å². The van der Waals surface area contributed by atoms with Crippen molar-refractivity contribution in [2.75, 3.05) is 19.1 Å². The molecule has 1 amide bonds. The zero-order chi connectivity index (χ0) is 17.1. The number of hydrogen-bond acceptors (Lipinski definition) is 6. The summed E-state index contributed by atoms with van der Waals surface area (Å²) < 4.78 is 7.15.